The number of nitrogens with zero attached hydrogens (tertiary/aromatic N) is 1. The maximum Gasteiger partial charge on any atom is 0.141 e. The monoisotopic (exact) mass is 128 g/mol. The van der Waals surface area contributed by atoms with Gasteiger partial charge in [-0.05, 0) is 14.0 Å². The van der Waals surface area contributed by atoms with E-state index in [1.165, 1.54) is 0 Å². The predicted octanol–water partition coefficient (Wildman–Crippen LogP) is 0.134. The zero-order valence-electron chi connectivity index (χ0n) is 5.85. The SMILES string of the molecule is CNCCOC(C)C#N. The van der Waals surface area contributed by atoms with Gasteiger partial charge >= 0.3 is 0 Å². The molecule has 0 bridgehead atoms. The van der Waals surface area contributed by atoms with Crippen LogP contribution in [0.1, 0.15) is 6.92 Å². The van der Waals surface area contributed by atoms with Gasteiger partial charge in [0.05, 0.1) is 12.7 Å². The highest BCUT2D eigenvalue weighted by Crippen LogP contribution is 1.84. The van der Waals surface area contributed by atoms with Crippen molar-refractivity contribution in [2.75, 3.05) is 20.2 Å². The molecule has 0 heterocycles. The first-order chi connectivity index (χ1) is 4.31. The summed E-state index contributed by atoms with van der Waals surface area (Å²) in [5, 5.41) is 11.2. The van der Waals surface area contributed by atoms with Crippen LogP contribution in [0.15, 0.2) is 0 Å². The van der Waals surface area contributed by atoms with E-state index < -0.39 is 0 Å². The van der Waals surface area contributed by atoms with Crippen LogP contribution < -0.4 is 5.32 Å². The van der Waals surface area contributed by atoms with Crippen molar-refractivity contribution in [1.82, 2.24) is 5.32 Å². The molecule has 52 valence electrons. The zero-order valence-corrected chi connectivity index (χ0v) is 5.85. The van der Waals surface area contributed by atoms with Crippen molar-refractivity contribution < 1.29 is 4.74 Å². The minimum atomic E-state index is -0.279. The second-order valence-electron chi connectivity index (χ2n) is 1.75. The fraction of sp³-hybridized carbons (Fsp3) is 0.833. The number of nitriles is 1. The fourth-order valence-electron chi connectivity index (χ4n) is 0.375. The smallest absolute Gasteiger partial charge is 0.141 e. The van der Waals surface area contributed by atoms with E-state index in [-0.39, 0.29) is 6.10 Å². The van der Waals surface area contributed by atoms with Crippen molar-refractivity contribution in [3.05, 3.63) is 0 Å². The van der Waals surface area contributed by atoms with Crippen molar-refractivity contribution in [2.24, 2.45) is 0 Å². The van der Waals surface area contributed by atoms with Crippen molar-refractivity contribution in [2.45, 2.75) is 13.0 Å². The normalized spacial score (nSPS) is 12.6. The number of nitrogens with one attached hydrogen (secondary N) is 1. The van der Waals surface area contributed by atoms with Crippen LogP contribution in [0.2, 0.25) is 0 Å². The first-order valence-corrected chi connectivity index (χ1v) is 2.97. The molecular weight excluding hydrogens is 116 g/mol. The van der Waals surface area contributed by atoms with Gasteiger partial charge in [0.15, 0.2) is 0 Å². The maximum absolute atomic E-state index is 8.24. The van der Waals surface area contributed by atoms with E-state index in [4.69, 9.17) is 10.00 Å². The Morgan fingerprint density at radius 3 is 2.89 bits per heavy atom. The molecule has 1 N–H and O–H groups in total. The highest BCUT2D eigenvalue weighted by molar-refractivity contribution is 4.78. The van der Waals surface area contributed by atoms with Gasteiger partial charge in [0, 0.05) is 6.54 Å². The largest absolute Gasteiger partial charge is 0.362 e. The maximum atomic E-state index is 8.24. The average molecular weight is 128 g/mol. The molecule has 1 unspecified atom stereocenters. The van der Waals surface area contributed by atoms with E-state index in [9.17, 15) is 0 Å². The molecule has 0 aliphatic rings. The molecule has 3 nitrogen and oxygen atoms in total. The van der Waals surface area contributed by atoms with Gasteiger partial charge in [-0.3, -0.25) is 0 Å². The molecule has 0 aromatic heterocycles. The molecule has 0 amide bonds. The van der Waals surface area contributed by atoms with Crippen LogP contribution in [0.25, 0.3) is 0 Å². The fourth-order valence-corrected chi connectivity index (χ4v) is 0.375. The summed E-state index contributed by atoms with van der Waals surface area (Å²) in [6.07, 6.45) is -0.279. The molecule has 0 aromatic carbocycles. The molecule has 0 rings (SSSR count). The molecule has 0 aliphatic carbocycles. The van der Waals surface area contributed by atoms with Gasteiger partial charge in [0.2, 0.25) is 0 Å². The molecule has 0 aromatic rings. The lowest BCUT2D eigenvalue weighted by atomic mass is 10.5. The third kappa shape index (κ3) is 5.28. The quantitative estimate of drug-likeness (QED) is 0.547. The van der Waals surface area contributed by atoms with Gasteiger partial charge in [-0.2, -0.15) is 5.26 Å². The molecule has 1 atom stereocenters. The average Bonchev–Trinajstić information content (AvgIpc) is 1.89. The standard InChI is InChI=1S/C6H12N2O/c1-6(5-7)9-4-3-8-2/h6,8H,3-4H2,1-2H3. The van der Waals surface area contributed by atoms with Crippen LogP contribution in [0.4, 0.5) is 0 Å². The lowest BCUT2D eigenvalue weighted by molar-refractivity contribution is 0.105. The topological polar surface area (TPSA) is 45.0 Å². The molecular formula is C6H12N2O. The molecule has 9 heavy (non-hydrogen) atoms. The Balaban J connectivity index is 2.99. The molecule has 3 heteroatoms. The summed E-state index contributed by atoms with van der Waals surface area (Å²) in [4.78, 5) is 0. The Hall–Kier alpha value is -0.590. The van der Waals surface area contributed by atoms with Crippen LogP contribution >= 0.6 is 0 Å². The van der Waals surface area contributed by atoms with Gasteiger partial charge in [-0.1, -0.05) is 0 Å². The highest BCUT2D eigenvalue weighted by atomic mass is 16.5. The Labute approximate surface area is 55.6 Å². The Kier molecular flexibility index (Phi) is 5.18. The van der Waals surface area contributed by atoms with E-state index in [2.05, 4.69) is 5.32 Å². The number of hydrogen-bond acceptors (Lipinski definition) is 3. The summed E-state index contributed by atoms with van der Waals surface area (Å²) in [6, 6.07) is 1.97. The van der Waals surface area contributed by atoms with Gasteiger partial charge in [-0.25, -0.2) is 0 Å². The number of ether oxygens (including phenoxy) is 1. The lowest BCUT2D eigenvalue weighted by Crippen LogP contribution is -2.17. The molecule has 0 spiro atoms. The Bertz CT molecular complexity index is 97.7. The number of likely N-dealkylation sites (N-methyl/N-ethyl adjacent to an activating group) is 1. The third-order valence-electron chi connectivity index (χ3n) is 0.902. The Morgan fingerprint density at radius 2 is 2.44 bits per heavy atom. The van der Waals surface area contributed by atoms with E-state index in [0.29, 0.717) is 6.61 Å². The van der Waals surface area contributed by atoms with Crippen LogP contribution in [-0.2, 0) is 4.74 Å². The third-order valence-corrected chi connectivity index (χ3v) is 0.902. The molecule has 0 fully saturated rings. The minimum absolute atomic E-state index is 0.279. The van der Waals surface area contributed by atoms with Gasteiger partial charge < -0.3 is 10.1 Å². The number of rotatable bonds is 4. The second kappa shape index (κ2) is 5.54. The predicted molar refractivity (Wildman–Crippen MR) is 35.0 cm³/mol. The van der Waals surface area contributed by atoms with E-state index >= 15 is 0 Å². The second-order valence-corrected chi connectivity index (χ2v) is 1.75. The van der Waals surface area contributed by atoms with Crippen molar-refractivity contribution >= 4 is 0 Å². The van der Waals surface area contributed by atoms with E-state index in [1.54, 1.807) is 6.92 Å². The van der Waals surface area contributed by atoms with Crippen molar-refractivity contribution in [3.63, 3.8) is 0 Å². The first-order valence-electron chi connectivity index (χ1n) is 2.97. The van der Waals surface area contributed by atoms with E-state index in [1.807, 2.05) is 13.1 Å². The summed E-state index contributed by atoms with van der Waals surface area (Å²) in [6.45, 7) is 3.13. The van der Waals surface area contributed by atoms with Crippen LogP contribution in [0, 0.1) is 11.3 Å². The molecule has 0 radical (unpaired) electrons. The Morgan fingerprint density at radius 1 is 1.78 bits per heavy atom. The number of hydrogen-bond donors (Lipinski definition) is 1. The van der Waals surface area contributed by atoms with Gasteiger partial charge in [-0.15, -0.1) is 0 Å². The summed E-state index contributed by atoms with van der Waals surface area (Å²) in [5.74, 6) is 0. The van der Waals surface area contributed by atoms with Crippen LogP contribution in [0.5, 0.6) is 0 Å². The summed E-state index contributed by atoms with van der Waals surface area (Å²) < 4.78 is 5.01. The minimum Gasteiger partial charge on any atom is -0.362 e. The van der Waals surface area contributed by atoms with E-state index in [0.717, 1.165) is 6.54 Å². The zero-order chi connectivity index (χ0) is 7.11. The highest BCUT2D eigenvalue weighted by Gasteiger charge is 1.95. The first kappa shape index (κ1) is 8.41. The summed E-state index contributed by atoms with van der Waals surface area (Å²) in [7, 11) is 1.85. The van der Waals surface area contributed by atoms with Crippen LogP contribution in [-0.4, -0.2) is 26.3 Å². The summed E-state index contributed by atoms with van der Waals surface area (Å²) in [5.41, 5.74) is 0. The molecule has 0 aliphatic heterocycles. The van der Waals surface area contributed by atoms with Gasteiger partial charge in [0.1, 0.15) is 6.10 Å². The molecule has 0 saturated carbocycles. The molecule has 0 saturated heterocycles. The van der Waals surface area contributed by atoms with Crippen molar-refractivity contribution in [1.29, 1.82) is 5.26 Å². The summed E-state index contributed by atoms with van der Waals surface area (Å²) >= 11 is 0. The van der Waals surface area contributed by atoms with Crippen molar-refractivity contribution in [3.8, 4) is 6.07 Å². The lowest BCUT2D eigenvalue weighted by Gasteiger charge is -2.02. The van der Waals surface area contributed by atoms with Gasteiger partial charge in [0.25, 0.3) is 0 Å². The van der Waals surface area contributed by atoms with Crippen LogP contribution in [0.3, 0.4) is 0 Å².